The maximum Gasteiger partial charge on any atom is 0.191 e. The Labute approximate surface area is 137 Å². The molecule has 0 aromatic heterocycles. The summed E-state index contributed by atoms with van der Waals surface area (Å²) in [7, 11) is 1.13. The first kappa shape index (κ1) is 17.7. The van der Waals surface area contributed by atoms with Crippen LogP contribution in [0.4, 0.5) is 0 Å². The van der Waals surface area contributed by atoms with Crippen molar-refractivity contribution in [1.29, 1.82) is 0 Å². The summed E-state index contributed by atoms with van der Waals surface area (Å²) >= 11 is 0. The molecule has 22 heavy (non-hydrogen) atoms. The molecule has 5 nitrogen and oxygen atoms in total. The van der Waals surface area contributed by atoms with E-state index in [0.29, 0.717) is 17.4 Å². The van der Waals surface area contributed by atoms with Gasteiger partial charge in [0.05, 0.1) is 6.10 Å². The second-order valence-electron chi connectivity index (χ2n) is 6.24. The summed E-state index contributed by atoms with van der Waals surface area (Å²) in [6, 6.07) is 0.382. The molecule has 2 aliphatic rings. The minimum atomic E-state index is -0.679. The monoisotopic (exact) mass is 329 g/mol. The van der Waals surface area contributed by atoms with Crippen LogP contribution in [0.3, 0.4) is 0 Å². The molecule has 128 valence electrons. The van der Waals surface area contributed by atoms with Gasteiger partial charge in [0.2, 0.25) is 0 Å². The van der Waals surface area contributed by atoms with Crippen LogP contribution in [0.2, 0.25) is 0 Å². The van der Waals surface area contributed by atoms with E-state index in [9.17, 15) is 4.21 Å². The highest BCUT2D eigenvalue weighted by molar-refractivity contribution is 7.85. The summed E-state index contributed by atoms with van der Waals surface area (Å²) in [4.78, 5) is 4.32. The van der Waals surface area contributed by atoms with Gasteiger partial charge < -0.3 is 15.4 Å². The van der Waals surface area contributed by atoms with Crippen molar-refractivity contribution in [2.75, 3.05) is 26.0 Å². The minimum absolute atomic E-state index is 0.305. The van der Waals surface area contributed by atoms with Crippen molar-refractivity contribution in [2.45, 2.75) is 69.3 Å². The van der Waals surface area contributed by atoms with Gasteiger partial charge in [-0.1, -0.05) is 13.3 Å². The van der Waals surface area contributed by atoms with Crippen molar-refractivity contribution in [3.63, 3.8) is 0 Å². The number of hydrogen-bond acceptors (Lipinski definition) is 3. The highest BCUT2D eigenvalue weighted by atomic mass is 32.2. The van der Waals surface area contributed by atoms with E-state index < -0.39 is 10.8 Å². The van der Waals surface area contributed by atoms with Gasteiger partial charge in [-0.15, -0.1) is 0 Å². The van der Waals surface area contributed by atoms with Crippen molar-refractivity contribution < 1.29 is 8.95 Å². The third-order valence-electron chi connectivity index (χ3n) is 4.62. The van der Waals surface area contributed by atoms with E-state index in [1.165, 1.54) is 12.8 Å². The number of hydrogen-bond donors (Lipinski definition) is 2. The second-order valence-corrected chi connectivity index (χ2v) is 8.25. The molecule has 0 bridgehead atoms. The van der Waals surface area contributed by atoms with Crippen molar-refractivity contribution in [2.24, 2.45) is 4.99 Å². The molecule has 0 spiro atoms. The molecule has 4 atom stereocenters. The van der Waals surface area contributed by atoms with Gasteiger partial charge >= 0.3 is 0 Å². The Balaban J connectivity index is 1.75. The highest BCUT2D eigenvalue weighted by Crippen LogP contribution is 2.23. The zero-order chi connectivity index (χ0) is 15.8. The molecular formula is C16H31N3O2S. The minimum Gasteiger partial charge on any atom is -0.376 e. The lowest BCUT2D eigenvalue weighted by atomic mass is 9.95. The molecule has 0 radical (unpaired) electrons. The highest BCUT2D eigenvalue weighted by Gasteiger charge is 2.26. The van der Waals surface area contributed by atoms with Crippen LogP contribution in [0.15, 0.2) is 4.99 Å². The summed E-state index contributed by atoms with van der Waals surface area (Å²) in [5.41, 5.74) is 0. The first-order valence-electron chi connectivity index (χ1n) is 8.69. The van der Waals surface area contributed by atoms with E-state index in [1.807, 2.05) is 14.0 Å². The van der Waals surface area contributed by atoms with E-state index in [0.717, 1.165) is 57.0 Å². The van der Waals surface area contributed by atoms with Crippen LogP contribution in [-0.2, 0) is 15.5 Å². The molecule has 4 unspecified atom stereocenters. The van der Waals surface area contributed by atoms with Crippen molar-refractivity contribution in [3.8, 4) is 0 Å². The topological polar surface area (TPSA) is 62.7 Å². The lowest BCUT2D eigenvalue weighted by Crippen LogP contribution is -2.48. The predicted molar refractivity (Wildman–Crippen MR) is 92.8 cm³/mol. The van der Waals surface area contributed by atoms with Crippen molar-refractivity contribution in [3.05, 3.63) is 0 Å². The van der Waals surface area contributed by atoms with Crippen LogP contribution < -0.4 is 10.6 Å². The fourth-order valence-corrected chi connectivity index (χ4v) is 4.67. The summed E-state index contributed by atoms with van der Waals surface area (Å²) < 4.78 is 17.8. The first-order valence-corrected chi connectivity index (χ1v) is 10.1. The van der Waals surface area contributed by atoms with Crippen LogP contribution in [0.25, 0.3) is 0 Å². The Kier molecular flexibility index (Phi) is 7.66. The van der Waals surface area contributed by atoms with E-state index in [4.69, 9.17) is 4.74 Å². The molecule has 2 fully saturated rings. The molecule has 1 saturated heterocycles. The number of nitrogens with zero attached hydrogens (tertiary/aromatic N) is 1. The van der Waals surface area contributed by atoms with Crippen molar-refractivity contribution >= 4 is 16.8 Å². The number of aliphatic imine (C=N–C) groups is 1. The van der Waals surface area contributed by atoms with E-state index in [-0.39, 0.29) is 0 Å². The summed E-state index contributed by atoms with van der Waals surface area (Å²) in [6.07, 6.45) is 8.24. The Morgan fingerprint density at radius 1 is 1.27 bits per heavy atom. The zero-order valence-electron chi connectivity index (χ0n) is 14.0. The van der Waals surface area contributed by atoms with E-state index in [1.54, 1.807) is 0 Å². The van der Waals surface area contributed by atoms with Gasteiger partial charge in [0.15, 0.2) is 5.96 Å². The number of nitrogens with one attached hydrogen (secondary N) is 2. The van der Waals surface area contributed by atoms with Crippen LogP contribution in [0, 0.1) is 0 Å². The van der Waals surface area contributed by atoms with E-state index in [2.05, 4.69) is 15.6 Å². The number of ether oxygens (including phenoxy) is 1. The van der Waals surface area contributed by atoms with Gasteiger partial charge in [-0.05, 0) is 38.5 Å². The Morgan fingerprint density at radius 2 is 2.14 bits per heavy atom. The average Bonchev–Trinajstić information content (AvgIpc) is 2.59. The molecule has 1 aliphatic heterocycles. The second kappa shape index (κ2) is 9.50. The van der Waals surface area contributed by atoms with Gasteiger partial charge in [0.25, 0.3) is 0 Å². The standard InChI is InChI=1S/C16H31N3O2S/c1-3-22(20)15-9-6-7-13(11-15)19-16(17-2)18-12-14-8-4-5-10-21-14/h13-15H,3-12H2,1-2H3,(H2,17,18,19). The molecule has 2 N–H and O–H groups in total. The summed E-state index contributed by atoms with van der Waals surface area (Å²) in [5.74, 6) is 1.62. The smallest absolute Gasteiger partial charge is 0.191 e. The molecule has 2 rings (SSSR count). The Bertz CT molecular complexity index is 384. The van der Waals surface area contributed by atoms with Crippen LogP contribution in [0.1, 0.15) is 51.9 Å². The average molecular weight is 330 g/mol. The maximum atomic E-state index is 12.0. The summed E-state index contributed by atoms with van der Waals surface area (Å²) in [5, 5.41) is 7.23. The lowest BCUT2D eigenvalue weighted by Gasteiger charge is -2.31. The summed E-state index contributed by atoms with van der Waals surface area (Å²) in [6.45, 7) is 3.71. The fraction of sp³-hybridized carbons (Fsp3) is 0.938. The number of guanidine groups is 1. The van der Waals surface area contributed by atoms with Crippen LogP contribution in [0.5, 0.6) is 0 Å². The quantitative estimate of drug-likeness (QED) is 0.596. The Hall–Kier alpha value is -0.620. The molecule has 0 aromatic carbocycles. The normalized spacial score (nSPS) is 31.5. The molecule has 6 heteroatoms. The molecule has 1 aliphatic carbocycles. The molecule has 1 heterocycles. The molecular weight excluding hydrogens is 298 g/mol. The largest absolute Gasteiger partial charge is 0.376 e. The van der Waals surface area contributed by atoms with Gasteiger partial charge in [-0.3, -0.25) is 9.20 Å². The number of rotatable bonds is 5. The SMILES string of the molecule is CCS(=O)C1CCCC(NC(=NC)NCC2CCCCO2)C1. The molecule has 1 saturated carbocycles. The molecule has 0 aromatic rings. The van der Waals surface area contributed by atoms with E-state index >= 15 is 0 Å². The predicted octanol–water partition coefficient (Wildman–Crippen LogP) is 1.80. The fourth-order valence-electron chi connectivity index (χ4n) is 3.32. The van der Waals surface area contributed by atoms with Gasteiger partial charge in [-0.2, -0.15) is 0 Å². The Morgan fingerprint density at radius 3 is 2.82 bits per heavy atom. The maximum absolute atomic E-state index is 12.0. The third kappa shape index (κ3) is 5.54. The van der Waals surface area contributed by atoms with Crippen molar-refractivity contribution in [1.82, 2.24) is 10.6 Å². The molecule has 0 amide bonds. The lowest BCUT2D eigenvalue weighted by molar-refractivity contribution is 0.0194. The van der Waals surface area contributed by atoms with Gasteiger partial charge in [0.1, 0.15) is 0 Å². The van der Waals surface area contributed by atoms with Gasteiger partial charge in [-0.25, -0.2) is 0 Å². The zero-order valence-corrected chi connectivity index (χ0v) is 14.8. The van der Waals surface area contributed by atoms with Crippen LogP contribution >= 0.6 is 0 Å². The van der Waals surface area contributed by atoms with Crippen LogP contribution in [-0.4, -0.2) is 53.5 Å². The van der Waals surface area contributed by atoms with Gasteiger partial charge in [0, 0.05) is 48.0 Å². The first-order chi connectivity index (χ1) is 10.7. The third-order valence-corrected chi connectivity index (χ3v) is 6.36.